The quantitative estimate of drug-likeness (QED) is 0.863. The van der Waals surface area contributed by atoms with E-state index < -0.39 is 0 Å². The van der Waals surface area contributed by atoms with Crippen LogP contribution in [0.1, 0.15) is 36.0 Å². The van der Waals surface area contributed by atoms with Crippen molar-refractivity contribution in [2.24, 2.45) is 0 Å². The predicted octanol–water partition coefficient (Wildman–Crippen LogP) is 4.05. The number of halogens is 1. The lowest BCUT2D eigenvalue weighted by atomic mass is 10.1. The van der Waals surface area contributed by atoms with E-state index in [9.17, 15) is 4.79 Å². The molecule has 1 atom stereocenters. The Labute approximate surface area is 165 Å². The highest BCUT2D eigenvalue weighted by Crippen LogP contribution is 2.26. The lowest BCUT2D eigenvalue weighted by molar-refractivity contribution is 0.0724. The summed E-state index contributed by atoms with van der Waals surface area (Å²) in [7, 11) is 0. The molecule has 0 bridgehead atoms. The van der Waals surface area contributed by atoms with Crippen LogP contribution in [0.25, 0.3) is 0 Å². The second-order valence-corrected chi connectivity index (χ2v) is 7.73. The maximum absolute atomic E-state index is 12.6. The zero-order valence-corrected chi connectivity index (χ0v) is 16.2. The van der Waals surface area contributed by atoms with Gasteiger partial charge in [0.25, 0.3) is 5.91 Å². The molecule has 2 saturated heterocycles. The van der Waals surface area contributed by atoms with Gasteiger partial charge in [0, 0.05) is 44.1 Å². The van der Waals surface area contributed by atoms with Gasteiger partial charge in [0.15, 0.2) is 0 Å². The van der Waals surface area contributed by atoms with Crippen LogP contribution in [0.2, 0.25) is 5.02 Å². The second kappa shape index (κ2) is 8.17. The molecule has 1 N–H and O–H groups in total. The molecule has 1 amide bonds. The molecule has 1 unspecified atom stereocenters. The van der Waals surface area contributed by atoms with Crippen LogP contribution in [0.15, 0.2) is 42.6 Å². The molecule has 3 heterocycles. The number of rotatable bonds is 4. The average Bonchev–Trinajstić information content (AvgIpc) is 3.19. The first-order valence-corrected chi connectivity index (χ1v) is 10.1. The molecule has 4 rings (SSSR count). The number of nitrogens with one attached hydrogen (secondary N) is 1. The summed E-state index contributed by atoms with van der Waals surface area (Å²) in [5.74, 6) is 0.693. The summed E-state index contributed by atoms with van der Waals surface area (Å²) in [4.78, 5) is 21.3. The van der Waals surface area contributed by atoms with Gasteiger partial charge in [-0.3, -0.25) is 4.79 Å². The minimum atomic E-state index is 0.0340. The molecule has 0 saturated carbocycles. The van der Waals surface area contributed by atoms with E-state index >= 15 is 0 Å². The number of amides is 1. The van der Waals surface area contributed by atoms with Gasteiger partial charge in [-0.15, -0.1) is 0 Å². The molecule has 0 aliphatic carbocycles. The number of hydrogen-bond donors (Lipinski definition) is 1. The monoisotopic (exact) mass is 384 g/mol. The lowest BCUT2D eigenvalue weighted by Crippen LogP contribution is -2.35. The van der Waals surface area contributed by atoms with Crippen LogP contribution in [-0.2, 0) is 0 Å². The van der Waals surface area contributed by atoms with Crippen LogP contribution in [-0.4, -0.2) is 48.0 Å². The Morgan fingerprint density at radius 1 is 1.11 bits per heavy atom. The van der Waals surface area contributed by atoms with E-state index in [4.69, 9.17) is 11.6 Å². The molecule has 0 radical (unpaired) electrons. The number of pyridine rings is 1. The van der Waals surface area contributed by atoms with Crippen molar-refractivity contribution in [3.05, 3.63) is 53.2 Å². The topological polar surface area (TPSA) is 48.5 Å². The third kappa shape index (κ3) is 4.19. The Balaban J connectivity index is 1.39. The third-order valence-corrected chi connectivity index (χ3v) is 5.67. The minimum Gasteiger partial charge on any atom is -0.369 e. The number of carbonyl (C=O) groups is 1. The van der Waals surface area contributed by atoms with E-state index in [2.05, 4.69) is 39.5 Å². The largest absolute Gasteiger partial charge is 0.369 e. The molecule has 27 heavy (non-hydrogen) atoms. The molecule has 0 spiro atoms. The van der Waals surface area contributed by atoms with Crippen molar-refractivity contribution < 1.29 is 4.79 Å². The SMILES string of the molecule is O=C(c1cnc(NC2CCN(c3ccccc3)C2)c(Cl)c1)N1CCCCC1. The molecule has 6 heteroatoms. The van der Waals surface area contributed by atoms with Gasteiger partial charge in [-0.05, 0) is 43.9 Å². The molecule has 1 aromatic heterocycles. The van der Waals surface area contributed by atoms with Gasteiger partial charge in [-0.25, -0.2) is 4.98 Å². The van der Waals surface area contributed by atoms with Crippen LogP contribution in [0, 0.1) is 0 Å². The van der Waals surface area contributed by atoms with Crippen LogP contribution in [0.3, 0.4) is 0 Å². The average molecular weight is 385 g/mol. The van der Waals surface area contributed by atoms with E-state index in [1.807, 2.05) is 11.0 Å². The Morgan fingerprint density at radius 3 is 2.63 bits per heavy atom. The van der Waals surface area contributed by atoms with E-state index in [0.29, 0.717) is 22.4 Å². The molecule has 2 aliphatic heterocycles. The Bertz CT molecular complexity index is 792. The van der Waals surface area contributed by atoms with Crippen molar-refractivity contribution in [2.75, 3.05) is 36.4 Å². The highest BCUT2D eigenvalue weighted by Gasteiger charge is 2.24. The summed E-state index contributed by atoms with van der Waals surface area (Å²) < 4.78 is 0. The first kappa shape index (κ1) is 18.1. The summed E-state index contributed by atoms with van der Waals surface area (Å²) in [6, 6.07) is 12.5. The Kier molecular flexibility index (Phi) is 5.48. The number of para-hydroxylation sites is 1. The van der Waals surface area contributed by atoms with E-state index in [0.717, 1.165) is 45.4 Å². The lowest BCUT2D eigenvalue weighted by Gasteiger charge is -2.26. The molecule has 2 fully saturated rings. The predicted molar refractivity (Wildman–Crippen MR) is 110 cm³/mol. The Morgan fingerprint density at radius 2 is 1.89 bits per heavy atom. The normalized spacial score (nSPS) is 20.0. The van der Waals surface area contributed by atoms with Crippen LogP contribution in [0.4, 0.5) is 11.5 Å². The van der Waals surface area contributed by atoms with Gasteiger partial charge in [0.2, 0.25) is 0 Å². The first-order chi connectivity index (χ1) is 13.2. The third-order valence-electron chi connectivity index (χ3n) is 5.38. The number of carbonyl (C=O) groups excluding carboxylic acids is 1. The molecule has 1 aromatic carbocycles. The summed E-state index contributed by atoms with van der Waals surface area (Å²) in [5, 5.41) is 3.96. The highest BCUT2D eigenvalue weighted by molar-refractivity contribution is 6.33. The standard InChI is InChI=1S/C21H25ClN4O/c22-19-13-16(21(27)25-10-5-2-6-11-25)14-23-20(19)24-17-9-12-26(15-17)18-7-3-1-4-8-18/h1,3-4,7-8,13-14,17H,2,5-6,9-12,15H2,(H,23,24). The molecule has 2 aromatic rings. The maximum Gasteiger partial charge on any atom is 0.255 e. The summed E-state index contributed by atoms with van der Waals surface area (Å²) >= 11 is 6.43. The number of piperidine rings is 1. The first-order valence-electron chi connectivity index (χ1n) is 9.72. The van der Waals surface area contributed by atoms with Crippen molar-refractivity contribution in [1.29, 1.82) is 0 Å². The fourth-order valence-corrected chi connectivity index (χ4v) is 4.11. The molecule has 2 aliphatic rings. The van der Waals surface area contributed by atoms with Crippen LogP contribution in [0.5, 0.6) is 0 Å². The number of aromatic nitrogens is 1. The zero-order chi connectivity index (χ0) is 18.6. The number of likely N-dealkylation sites (tertiary alicyclic amines) is 1. The van der Waals surface area contributed by atoms with Crippen molar-refractivity contribution in [3.63, 3.8) is 0 Å². The van der Waals surface area contributed by atoms with Gasteiger partial charge < -0.3 is 15.1 Å². The Hall–Kier alpha value is -2.27. The number of anilines is 2. The smallest absolute Gasteiger partial charge is 0.255 e. The van der Waals surface area contributed by atoms with Crippen molar-refractivity contribution in [3.8, 4) is 0 Å². The maximum atomic E-state index is 12.6. The molecule has 5 nitrogen and oxygen atoms in total. The van der Waals surface area contributed by atoms with Gasteiger partial charge in [0.1, 0.15) is 5.82 Å². The van der Waals surface area contributed by atoms with Crippen LogP contribution >= 0.6 is 11.6 Å². The van der Waals surface area contributed by atoms with Gasteiger partial charge in [-0.1, -0.05) is 29.8 Å². The van der Waals surface area contributed by atoms with Gasteiger partial charge in [0.05, 0.1) is 10.6 Å². The van der Waals surface area contributed by atoms with Crippen molar-refractivity contribution >= 4 is 29.0 Å². The fraction of sp³-hybridized carbons (Fsp3) is 0.429. The van der Waals surface area contributed by atoms with Gasteiger partial charge >= 0.3 is 0 Å². The fourth-order valence-electron chi connectivity index (χ4n) is 3.89. The van der Waals surface area contributed by atoms with Crippen LogP contribution < -0.4 is 10.2 Å². The van der Waals surface area contributed by atoms with Gasteiger partial charge in [-0.2, -0.15) is 0 Å². The number of nitrogens with zero attached hydrogens (tertiary/aromatic N) is 3. The van der Waals surface area contributed by atoms with E-state index in [1.165, 1.54) is 12.1 Å². The number of hydrogen-bond acceptors (Lipinski definition) is 4. The molecular weight excluding hydrogens is 360 g/mol. The minimum absolute atomic E-state index is 0.0340. The second-order valence-electron chi connectivity index (χ2n) is 7.32. The number of benzene rings is 1. The highest BCUT2D eigenvalue weighted by atomic mass is 35.5. The zero-order valence-electron chi connectivity index (χ0n) is 15.4. The summed E-state index contributed by atoms with van der Waals surface area (Å²) in [6.07, 6.45) is 6.03. The van der Waals surface area contributed by atoms with Crippen molar-refractivity contribution in [2.45, 2.75) is 31.7 Å². The van der Waals surface area contributed by atoms with E-state index in [-0.39, 0.29) is 5.91 Å². The molecule has 142 valence electrons. The summed E-state index contributed by atoms with van der Waals surface area (Å²) in [5.41, 5.74) is 1.81. The molecular formula is C21H25ClN4O. The summed E-state index contributed by atoms with van der Waals surface area (Å²) in [6.45, 7) is 3.57. The van der Waals surface area contributed by atoms with Crippen molar-refractivity contribution in [1.82, 2.24) is 9.88 Å². The van der Waals surface area contributed by atoms with E-state index in [1.54, 1.807) is 12.3 Å².